The summed E-state index contributed by atoms with van der Waals surface area (Å²) >= 11 is 0. The Balaban J connectivity index is 3.03. The number of rotatable bonds is 29. The van der Waals surface area contributed by atoms with Crippen molar-refractivity contribution in [2.75, 3.05) is 0 Å². The first-order chi connectivity index (χ1) is 16.6. The van der Waals surface area contributed by atoms with Crippen molar-refractivity contribution in [2.45, 2.75) is 206 Å². The number of hydrogen-bond donors (Lipinski definition) is 0. The molecule has 0 atom stereocenters. The van der Waals surface area contributed by atoms with Crippen LogP contribution in [0.25, 0.3) is 0 Å². The molecule has 0 amide bonds. The first kappa shape index (κ1) is 34.2. The fraction of sp³-hybridized carbons (Fsp3) is 1.00. The van der Waals surface area contributed by atoms with Gasteiger partial charge >= 0.3 is 0 Å². The zero-order chi connectivity index (χ0) is 25.0. The molecule has 0 aromatic heterocycles. The maximum atomic E-state index is 11.7. The maximum absolute atomic E-state index is 11.7. The molecule has 34 heavy (non-hydrogen) atoms. The van der Waals surface area contributed by atoms with Gasteiger partial charge in [0.2, 0.25) is 8.32 Å². The van der Waals surface area contributed by atoms with Crippen LogP contribution in [0.1, 0.15) is 187 Å². The Labute approximate surface area is 218 Å². The van der Waals surface area contributed by atoms with Gasteiger partial charge in [-0.1, -0.05) is 187 Å². The molecular formula is C32H67OSi. The molecule has 205 valence electrons. The van der Waals surface area contributed by atoms with Crippen molar-refractivity contribution >= 4 is 8.32 Å². The van der Waals surface area contributed by atoms with Crippen molar-refractivity contribution in [2.24, 2.45) is 0 Å². The zero-order valence-electron chi connectivity index (χ0n) is 24.4. The van der Waals surface area contributed by atoms with E-state index in [0.717, 1.165) is 6.04 Å². The van der Waals surface area contributed by atoms with E-state index in [1.807, 2.05) is 13.1 Å². The largest absolute Gasteiger partial charge is 0.298 e. The maximum Gasteiger partial charge on any atom is 0.231 e. The highest BCUT2D eigenvalue weighted by molar-refractivity contribution is 6.69. The molecule has 0 aliphatic carbocycles. The van der Waals surface area contributed by atoms with Gasteiger partial charge in [-0.15, -0.1) is 0 Å². The molecule has 0 aliphatic heterocycles. The molecule has 0 bridgehead atoms. The standard InChI is InChI=1S/C32H67OSi/c1-4-5-6-7-8-9-10-11-12-13-14-15-16-17-18-19-20-21-22-23-24-25-26-27-28-29-30-31-32-34(2,3)33/h4-32H2,1-3H3. The van der Waals surface area contributed by atoms with E-state index in [1.165, 1.54) is 180 Å². The van der Waals surface area contributed by atoms with E-state index in [-0.39, 0.29) is 0 Å². The van der Waals surface area contributed by atoms with Crippen LogP contribution in [0.3, 0.4) is 0 Å². The summed E-state index contributed by atoms with van der Waals surface area (Å²) in [5.41, 5.74) is 0. The third-order valence-corrected chi connectivity index (χ3v) is 9.19. The molecule has 0 heterocycles. The molecule has 0 spiro atoms. The first-order valence-corrected chi connectivity index (χ1v) is 19.4. The summed E-state index contributed by atoms with van der Waals surface area (Å²) in [5, 5.41) is 0. The van der Waals surface area contributed by atoms with Crippen molar-refractivity contribution < 1.29 is 4.80 Å². The molecule has 1 radical (unpaired) electrons. The molecule has 2 heteroatoms. The lowest BCUT2D eigenvalue weighted by molar-refractivity contribution is 0.423. The summed E-state index contributed by atoms with van der Waals surface area (Å²) in [6.07, 6.45) is 40.3. The topological polar surface area (TPSA) is 19.9 Å². The van der Waals surface area contributed by atoms with Crippen LogP contribution in [0.5, 0.6) is 0 Å². The molecule has 0 saturated heterocycles. The van der Waals surface area contributed by atoms with Crippen LogP contribution in [0.4, 0.5) is 0 Å². The van der Waals surface area contributed by atoms with Gasteiger partial charge in [-0.3, -0.25) is 4.80 Å². The Bertz CT molecular complexity index is 363. The summed E-state index contributed by atoms with van der Waals surface area (Å²) in [6, 6.07) is 0.979. The van der Waals surface area contributed by atoms with Crippen LogP contribution in [0.2, 0.25) is 19.1 Å². The minimum Gasteiger partial charge on any atom is -0.298 e. The Morgan fingerprint density at radius 3 is 0.676 bits per heavy atom. The second-order valence-electron chi connectivity index (χ2n) is 12.1. The summed E-state index contributed by atoms with van der Waals surface area (Å²) in [5.74, 6) is 0. The third kappa shape index (κ3) is 32.2. The number of unbranched alkanes of at least 4 members (excludes halogenated alkanes) is 27. The summed E-state index contributed by atoms with van der Waals surface area (Å²) < 4.78 is 0. The van der Waals surface area contributed by atoms with Crippen LogP contribution >= 0.6 is 0 Å². The molecular weight excluding hydrogens is 428 g/mol. The van der Waals surface area contributed by atoms with Gasteiger partial charge in [0.1, 0.15) is 0 Å². The number of hydrogen-bond acceptors (Lipinski definition) is 0. The SMILES string of the molecule is CCCCCCCCCCCCCCCCCCCCCCCCCCCCCC[Si](C)(C)[O]. The van der Waals surface area contributed by atoms with Gasteiger partial charge in [-0.2, -0.15) is 0 Å². The van der Waals surface area contributed by atoms with Gasteiger partial charge in [0.25, 0.3) is 0 Å². The van der Waals surface area contributed by atoms with Crippen LogP contribution in [-0.2, 0) is 4.80 Å². The van der Waals surface area contributed by atoms with E-state index >= 15 is 0 Å². The van der Waals surface area contributed by atoms with Gasteiger partial charge in [0, 0.05) is 0 Å². The minimum atomic E-state index is -2.03. The lowest BCUT2D eigenvalue weighted by Crippen LogP contribution is -2.21. The average molecular weight is 496 g/mol. The Hall–Kier alpha value is 0.177. The molecule has 0 unspecified atom stereocenters. The molecule has 0 aromatic rings. The van der Waals surface area contributed by atoms with Crippen molar-refractivity contribution in [3.63, 3.8) is 0 Å². The van der Waals surface area contributed by atoms with E-state index in [9.17, 15) is 4.80 Å². The van der Waals surface area contributed by atoms with E-state index in [0.29, 0.717) is 0 Å². The second-order valence-corrected chi connectivity index (χ2v) is 16.1. The Morgan fingerprint density at radius 2 is 0.500 bits per heavy atom. The fourth-order valence-corrected chi connectivity index (χ4v) is 6.32. The molecule has 0 aromatic carbocycles. The predicted molar refractivity (Wildman–Crippen MR) is 158 cm³/mol. The Kier molecular flexibility index (Phi) is 27.9. The highest BCUT2D eigenvalue weighted by atomic mass is 28.4. The van der Waals surface area contributed by atoms with Crippen LogP contribution in [-0.4, -0.2) is 8.32 Å². The summed E-state index contributed by atoms with van der Waals surface area (Å²) in [7, 11) is -2.03. The van der Waals surface area contributed by atoms with Gasteiger partial charge in [-0.25, -0.2) is 0 Å². The van der Waals surface area contributed by atoms with Crippen LogP contribution in [0, 0.1) is 0 Å². The highest BCUT2D eigenvalue weighted by Crippen LogP contribution is 2.17. The molecule has 0 aliphatic rings. The van der Waals surface area contributed by atoms with Crippen LogP contribution < -0.4 is 0 Å². The van der Waals surface area contributed by atoms with Crippen LogP contribution in [0.15, 0.2) is 0 Å². The van der Waals surface area contributed by atoms with Gasteiger partial charge in [0.15, 0.2) is 0 Å². The van der Waals surface area contributed by atoms with E-state index in [2.05, 4.69) is 6.92 Å². The molecule has 0 saturated carbocycles. The summed E-state index contributed by atoms with van der Waals surface area (Å²) in [6.45, 7) is 6.21. The fourth-order valence-electron chi connectivity index (χ4n) is 5.22. The molecule has 0 rings (SSSR count). The van der Waals surface area contributed by atoms with E-state index < -0.39 is 8.32 Å². The Morgan fingerprint density at radius 1 is 0.324 bits per heavy atom. The summed E-state index contributed by atoms with van der Waals surface area (Å²) in [4.78, 5) is 11.7. The molecule has 1 nitrogen and oxygen atoms in total. The second kappa shape index (κ2) is 27.8. The van der Waals surface area contributed by atoms with Crippen molar-refractivity contribution in [3.8, 4) is 0 Å². The average Bonchev–Trinajstić information content (AvgIpc) is 2.80. The predicted octanol–water partition coefficient (Wildman–Crippen LogP) is 12.6. The van der Waals surface area contributed by atoms with Gasteiger partial charge in [-0.05, 0) is 19.1 Å². The van der Waals surface area contributed by atoms with Crippen molar-refractivity contribution in [1.82, 2.24) is 0 Å². The molecule has 0 fully saturated rings. The zero-order valence-corrected chi connectivity index (χ0v) is 25.4. The first-order valence-electron chi connectivity index (χ1n) is 16.3. The monoisotopic (exact) mass is 495 g/mol. The quantitative estimate of drug-likeness (QED) is 0.0726. The van der Waals surface area contributed by atoms with Gasteiger partial charge in [0.05, 0.1) is 0 Å². The van der Waals surface area contributed by atoms with E-state index in [1.54, 1.807) is 0 Å². The lowest BCUT2D eigenvalue weighted by Gasteiger charge is -2.10. The molecule has 0 N–H and O–H groups in total. The van der Waals surface area contributed by atoms with Crippen molar-refractivity contribution in [1.29, 1.82) is 0 Å². The van der Waals surface area contributed by atoms with Crippen molar-refractivity contribution in [3.05, 3.63) is 0 Å². The van der Waals surface area contributed by atoms with Gasteiger partial charge < -0.3 is 0 Å². The smallest absolute Gasteiger partial charge is 0.231 e. The lowest BCUT2D eigenvalue weighted by atomic mass is 10.0. The minimum absolute atomic E-state index is 0.979. The normalized spacial score (nSPS) is 12.0. The highest BCUT2D eigenvalue weighted by Gasteiger charge is 2.18. The third-order valence-electron chi connectivity index (χ3n) is 7.63. The van der Waals surface area contributed by atoms with E-state index in [4.69, 9.17) is 0 Å².